The fourth-order valence-corrected chi connectivity index (χ4v) is 4.08. The lowest BCUT2D eigenvalue weighted by molar-refractivity contribution is -0.159. The number of aliphatic hydroxyl groups is 1. The summed E-state index contributed by atoms with van der Waals surface area (Å²) in [4.78, 5) is 23.9. The number of nitrogens with zero attached hydrogens (tertiary/aromatic N) is 1. The Labute approximate surface area is 178 Å². The summed E-state index contributed by atoms with van der Waals surface area (Å²) in [5.41, 5.74) is 1.60. The van der Waals surface area contributed by atoms with Crippen LogP contribution in [-0.4, -0.2) is 45.7 Å². The molecule has 3 aromatic rings. The smallest absolute Gasteiger partial charge is 0.420 e. The van der Waals surface area contributed by atoms with Crippen LogP contribution < -0.4 is 10.5 Å². The molecule has 4 rings (SSSR count). The van der Waals surface area contributed by atoms with Crippen LogP contribution in [0.2, 0.25) is 0 Å². The molecule has 1 unspecified atom stereocenters. The van der Waals surface area contributed by atoms with Gasteiger partial charge in [0, 0.05) is 13.0 Å². The molecule has 164 valence electrons. The van der Waals surface area contributed by atoms with Crippen LogP contribution in [0.5, 0.6) is 5.75 Å². The second-order valence-corrected chi connectivity index (χ2v) is 7.94. The van der Waals surface area contributed by atoms with Crippen LogP contribution in [-0.2, 0) is 22.5 Å². The lowest BCUT2D eigenvalue weighted by Gasteiger charge is -2.23. The Morgan fingerprint density at radius 3 is 2.84 bits per heavy atom. The number of hydrogen-bond donors (Lipinski definition) is 2. The van der Waals surface area contributed by atoms with Crippen LogP contribution in [0.15, 0.2) is 51.7 Å². The minimum atomic E-state index is -1.19. The maximum atomic E-state index is 12.2. The maximum absolute atomic E-state index is 12.2. The van der Waals surface area contributed by atoms with Gasteiger partial charge in [0.15, 0.2) is 11.2 Å². The van der Waals surface area contributed by atoms with Crippen molar-refractivity contribution in [3.8, 4) is 5.75 Å². The number of hydrogen-bond acceptors (Lipinski definition) is 6. The highest BCUT2D eigenvalue weighted by Gasteiger charge is 2.42. The van der Waals surface area contributed by atoms with Crippen molar-refractivity contribution < 1.29 is 28.9 Å². The van der Waals surface area contributed by atoms with Gasteiger partial charge in [-0.3, -0.25) is 4.57 Å². The molecule has 8 nitrogen and oxygen atoms in total. The van der Waals surface area contributed by atoms with Gasteiger partial charge < -0.3 is 24.1 Å². The third kappa shape index (κ3) is 4.35. The van der Waals surface area contributed by atoms with Crippen molar-refractivity contribution in [2.45, 2.75) is 44.4 Å². The molecule has 1 aromatic heterocycles. The van der Waals surface area contributed by atoms with E-state index >= 15 is 0 Å². The van der Waals surface area contributed by atoms with Gasteiger partial charge in [-0.05, 0) is 49.1 Å². The molecule has 0 aliphatic carbocycles. The summed E-state index contributed by atoms with van der Waals surface area (Å²) in [6.45, 7) is 2.32. The monoisotopic (exact) mass is 427 g/mol. The fraction of sp³-hybridized carbons (Fsp3) is 0.391. The van der Waals surface area contributed by atoms with Crippen molar-refractivity contribution >= 4 is 17.1 Å². The van der Waals surface area contributed by atoms with Gasteiger partial charge in [0.25, 0.3) is 0 Å². The molecule has 2 atom stereocenters. The first kappa shape index (κ1) is 21.1. The number of fused-ring (bicyclic) bond motifs is 1. The van der Waals surface area contributed by atoms with E-state index in [9.17, 15) is 19.8 Å². The summed E-state index contributed by atoms with van der Waals surface area (Å²) in [5.74, 6) is -0.976. The first-order valence-corrected chi connectivity index (χ1v) is 10.2. The molecule has 2 aromatic carbocycles. The molecule has 1 aliphatic rings. The number of aliphatic hydroxyl groups excluding tert-OH is 1. The SMILES string of the molecule is Cc1cccc2oc(=O)n(C[C@@H](O)COc3cccc(CC4(C(=O)O)CCCO4)c3)c12. The number of aliphatic carboxylic acids is 1. The second-order valence-electron chi connectivity index (χ2n) is 7.94. The predicted octanol–water partition coefficient (Wildman–Crippen LogP) is 2.52. The van der Waals surface area contributed by atoms with Crippen molar-refractivity contribution in [3.05, 3.63) is 64.1 Å². The number of carboxylic acids is 1. The van der Waals surface area contributed by atoms with Crippen molar-refractivity contribution in [2.24, 2.45) is 0 Å². The number of carbonyl (C=O) groups is 1. The van der Waals surface area contributed by atoms with Gasteiger partial charge in [0.05, 0.1) is 12.1 Å². The molecule has 0 saturated carbocycles. The Morgan fingerprint density at radius 1 is 1.29 bits per heavy atom. The Balaban J connectivity index is 1.42. The van der Waals surface area contributed by atoms with Crippen molar-refractivity contribution in [1.29, 1.82) is 0 Å². The molecule has 0 radical (unpaired) electrons. The predicted molar refractivity (Wildman–Crippen MR) is 112 cm³/mol. The highest BCUT2D eigenvalue weighted by Crippen LogP contribution is 2.31. The zero-order valence-electron chi connectivity index (χ0n) is 17.2. The zero-order chi connectivity index (χ0) is 22.0. The molecule has 1 fully saturated rings. The quantitative estimate of drug-likeness (QED) is 0.568. The van der Waals surface area contributed by atoms with Gasteiger partial charge >= 0.3 is 11.7 Å². The average Bonchev–Trinajstić information content (AvgIpc) is 3.33. The van der Waals surface area contributed by atoms with Crippen LogP contribution in [0.4, 0.5) is 0 Å². The average molecular weight is 427 g/mol. The van der Waals surface area contributed by atoms with Crippen molar-refractivity contribution in [3.63, 3.8) is 0 Å². The van der Waals surface area contributed by atoms with Crippen LogP contribution in [0.3, 0.4) is 0 Å². The van der Waals surface area contributed by atoms with Crippen LogP contribution >= 0.6 is 0 Å². The Hall–Kier alpha value is -3.10. The number of aromatic nitrogens is 1. The molecular formula is C23H25NO7. The second kappa shape index (κ2) is 8.56. The molecule has 0 bridgehead atoms. The molecular weight excluding hydrogens is 402 g/mol. The van der Waals surface area contributed by atoms with E-state index in [0.717, 1.165) is 17.5 Å². The summed E-state index contributed by atoms with van der Waals surface area (Å²) >= 11 is 0. The summed E-state index contributed by atoms with van der Waals surface area (Å²) in [6.07, 6.45) is 0.498. The van der Waals surface area contributed by atoms with E-state index < -0.39 is 23.4 Å². The molecule has 2 heterocycles. The number of carboxylic acid groups (broad SMARTS) is 1. The van der Waals surface area contributed by atoms with Gasteiger partial charge in [-0.2, -0.15) is 0 Å². The number of ether oxygens (including phenoxy) is 2. The lowest BCUT2D eigenvalue weighted by Crippen LogP contribution is -2.40. The minimum absolute atomic E-state index is 0.0327. The standard InChI is InChI=1S/C23H25NO7/c1-15-5-2-8-19-20(15)24(22(28)31-19)13-17(25)14-29-18-7-3-6-16(11-18)12-23(21(26)27)9-4-10-30-23/h2-3,5-8,11,17,25H,4,9-10,12-14H2,1H3,(H,26,27)/t17-,23?/m1/s1. The van der Waals surface area contributed by atoms with Gasteiger partial charge in [0.1, 0.15) is 18.5 Å². The Bertz CT molecular complexity index is 1140. The molecule has 2 N–H and O–H groups in total. The van der Waals surface area contributed by atoms with E-state index in [-0.39, 0.29) is 19.6 Å². The van der Waals surface area contributed by atoms with Crippen LogP contribution in [0, 0.1) is 6.92 Å². The summed E-state index contributed by atoms with van der Waals surface area (Å²) in [6, 6.07) is 12.5. The van der Waals surface area contributed by atoms with E-state index in [1.54, 1.807) is 24.3 Å². The summed E-state index contributed by atoms with van der Waals surface area (Å²) in [7, 11) is 0. The molecule has 8 heteroatoms. The number of rotatable bonds is 8. The molecule has 1 saturated heterocycles. The largest absolute Gasteiger partial charge is 0.491 e. The highest BCUT2D eigenvalue weighted by atomic mass is 16.5. The summed E-state index contributed by atoms with van der Waals surface area (Å²) in [5, 5.41) is 20.0. The number of benzene rings is 2. The normalized spacial score (nSPS) is 19.5. The first-order valence-electron chi connectivity index (χ1n) is 10.2. The number of para-hydroxylation sites is 1. The first-order chi connectivity index (χ1) is 14.9. The van der Waals surface area contributed by atoms with E-state index in [0.29, 0.717) is 29.9 Å². The van der Waals surface area contributed by atoms with Crippen molar-refractivity contribution in [1.82, 2.24) is 4.57 Å². The van der Waals surface area contributed by atoms with E-state index in [4.69, 9.17) is 13.9 Å². The third-order valence-corrected chi connectivity index (χ3v) is 5.61. The Kier molecular flexibility index (Phi) is 5.84. The molecule has 0 spiro atoms. The zero-order valence-corrected chi connectivity index (χ0v) is 17.2. The third-order valence-electron chi connectivity index (χ3n) is 5.61. The fourth-order valence-electron chi connectivity index (χ4n) is 4.08. The van der Waals surface area contributed by atoms with Gasteiger partial charge in [-0.1, -0.05) is 24.3 Å². The van der Waals surface area contributed by atoms with Gasteiger partial charge in [0.2, 0.25) is 0 Å². The van der Waals surface area contributed by atoms with E-state index in [1.165, 1.54) is 4.57 Å². The minimum Gasteiger partial charge on any atom is -0.491 e. The molecule has 1 aliphatic heterocycles. The van der Waals surface area contributed by atoms with E-state index in [1.807, 2.05) is 25.1 Å². The van der Waals surface area contributed by atoms with Gasteiger partial charge in [-0.15, -0.1) is 0 Å². The number of oxazole rings is 1. The van der Waals surface area contributed by atoms with Crippen molar-refractivity contribution in [2.75, 3.05) is 13.2 Å². The highest BCUT2D eigenvalue weighted by molar-refractivity contribution is 5.78. The molecule has 0 amide bonds. The number of aryl methyl sites for hydroxylation is 1. The van der Waals surface area contributed by atoms with E-state index in [2.05, 4.69) is 0 Å². The summed E-state index contributed by atoms with van der Waals surface area (Å²) < 4.78 is 17.9. The maximum Gasteiger partial charge on any atom is 0.420 e. The van der Waals surface area contributed by atoms with Crippen LogP contribution in [0.25, 0.3) is 11.1 Å². The Morgan fingerprint density at radius 2 is 2.10 bits per heavy atom. The van der Waals surface area contributed by atoms with Crippen LogP contribution in [0.1, 0.15) is 24.0 Å². The molecule has 31 heavy (non-hydrogen) atoms. The topological polar surface area (TPSA) is 111 Å². The van der Waals surface area contributed by atoms with Gasteiger partial charge in [-0.25, -0.2) is 9.59 Å². The lowest BCUT2D eigenvalue weighted by atomic mass is 9.91.